The third-order valence-electron chi connectivity index (χ3n) is 9.73. The molecule has 2 aromatic heterocycles. The summed E-state index contributed by atoms with van der Waals surface area (Å²) in [5.74, 6) is 4.52. The molecular formula is C30H39N7OS. The minimum absolute atomic E-state index is 0.278. The van der Waals surface area contributed by atoms with Gasteiger partial charge >= 0.3 is 0 Å². The molecule has 9 heteroatoms. The summed E-state index contributed by atoms with van der Waals surface area (Å²) in [6.07, 6.45) is 15.6. The van der Waals surface area contributed by atoms with Crippen molar-refractivity contribution in [1.82, 2.24) is 20.3 Å². The quantitative estimate of drug-likeness (QED) is 0.353. The zero-order chi connectivity index (χ0) is 26.8. The highest BCUT2D eigenvalue weighted by molar-refractivity contribution is 7.98. The second kappa shape index (κ2) is 11.4. The van der Waals surface area contributed by atoms with Gasteiger partial charge in [0.2, 0.25) is 5.95 Å². The summed E-state index contributed by atoms with van der Waals surface area (Å²) in [5.41, 5.74) is 1.86. The number of aromatic nitrogens is 3. The first-order valence-electron chi connectivity index (χ1n) is 14.5. The number of Topliss-reactive ketones (excluding diaryl/α,β-unsaturated/α-hetero) is 1. The lowest BCUT2D eigenvalue weighted by Gasteiger charge is -2.60. The molecule has 7 rings (SSSR count). The maximum absolute atomic E-state index is 11.6. The van der Waals surface area contributed by atoms with Crippen molar-refractivity contribution in [2.24, 2.45) is 29.1 Å². The fourth-order valence-electron chi connectivity index (χ4n) is 8.12. The van der Waals surface area contributed by atoms with Gasteiger partial charge in [-0.15, -0.1) is 11.8 Å². The zero-order valence-corrected chi connectivity index (χ0v) is 23.6. The second-order valence-electron chi connectivity index (χ2n) is 12.3. The van der Waals surface area contributed by atoms with Gasteiger partial charge in [0.1, 0.15) is 28.3 Å². The minimum Gasteiger partial charge on any atom is -0.368 e. The van der Waals surface area contributed by atoms with Crippen LogP contribution < -0.4 is 16.0 Å². The van der Waals surface area contributed by atoms with Gasteiger partial charge in [0.05, 0.1) is 6.20 Å². The third-order valence-corrected chi connectivity index (χ3v) is 10.5. The van der Waals surface area contributed by atoms with E-state index in [1.807, 2.05) is 12.3 Å². The fraction of sp³-hybridized carbons (Fsp3) is 0.633. The molecule has 2 aromatic rings. The molecule has 2 unspecified atom stereocenters. The lowest BCUT2D eigenvalue weighted by Crippen LogP contribution is -2.60. The maximum Gasteiger partial charge on any atom is 0.224 e. The monoisotopic (exact) mass is 545 g/mol. The van der Waals surface area contributed by atoms with Crippen LogP contribution >= 0.6 is 11.8 Å². The number of nitrogens with one attached hydrogen (secondary N) is 3. The smallest absolute Gasteiger partial charge is 0.224 e. The Balaban J connectivity index is 1.08. The van der Waals surface area contributed by atoms with Gasteiger partial charge in [-0.3, -0.25) is 4.79 Å². The molecule has 5 fully saturated rings. The normalized spacial score (nSPS) is 29.8. The lowest BCUT2D eigenvalue weighted by atomic mass is 9.48. The van der Waals surface area contributed by atoms with Crippen LogP contribution in [0.25, 0.3) is 0 Å². The maximum atomic E-state index is 11.6. The van der Waals surface area contributed by atoms with E-state index in [0.717, 1.165) is 67.1 Å². The minimum atomic E-state index is 0.278. The van der Waals surface area contributed by atoms with Crippen molar-refractivity contribution < 1.29 is 4.79 Å². The molecule has 0 saturated heterocycles. The molecule has 5 aliphatic rings. The molecule has 0 amide bonds. The number of carbonyl (C=O) groups is 1. The van der Waals surface area contributed by atoms with E-state index in [2.05, 4.69) is 38.1 Å². The molecule has 206 valence electrons. The molecule has 39 heavy (non-hydrogen) atoms. The van der Waals surface area contributed by atoms with Gasteiger partial charge in [0, 0.05) is 43.7 Å². The van der Waals surface area contributed by atoms with Crippen LogP contribution in [-0.4, -0.2) is 46.1 Å². The number of nitriles is 1. The average Bonchev–Trinajstić information content (AvgIpc) is 2.95. The molecule has 5 aliphatic carbocycles. The highest BCUT2D eigenvalue weighted by Crippen LogP contribution is 2.60. The SMILES string of the molecule is CSc1ncccc1CNc1ncc(C#N)c(NCC23CC4C[C@H](C2)[C@H](NCC2CCC(=O)CC2)[C@@H](C4)C3)n1. The van der Waals surface area contributed by atoms with Gasteiger partial charge < -0.3 is 16.0 Å². The molecule has 0 aliphatic heterocycles. The predicted molar refractivity (Wildman–Crippen MR) is 153 cm³/mol. The van der Waals surface area contributed by atoms with Crippen LogP contribution in [0, 0.1) is 40.4 Å². The predicted octanol–water partition coefficient (Wildman–Crippen LogP) is 5.03. The molecule has 0 radical (unpaired) electrons. The highest BCUT2D eigenvalue weighted by atomic mass is 32.2. The molecule has 5 atom stereocenters. The van der Waals surface area contributed by atoms with Crippen LogP contribution in [0.15, 0.2) is 29.6 Å². The Hall–Kier alpha value is -2.70. The van der Waals surface area contributed by atoms with E-state index in [9.17, 15) is 10.1 Å². The molecule has 0 spiro atoms. The molecule has 3 N–H and O–H groups in total. The Morgan fingerprint density at radius 2 is 1.92 bits per heavy atom. The van der Waals surface area contributed by atoms with Crippen LogP contribution in [0.1, 0.15) is 68.9 Å². The van der Waals surface area contributed by atoms with E-state index in [4.69, 9.17) is 4.98 Å². The van der Waals surface area contributed by atoms with Crippen molar-refractivity contribution >= 4 is 29.3 Å². The van der Waals surface area contributed by atoms with Crippen LogP contribution in [0.5, 0.6) is 0 Å². The summed E-state index contributed by atoms with van der Waals surface area (Å²) in [4.78, 5) is 25.2. The van der Waals surface area contributed by atoms with Gasteiger partial charge in [-0.2, -0.15) is 10.2 Å². The van der Waals surface area contributed by atoms with Crippen LogP contribution in [-0.2, 0) is 11.3 Å². The summed E-state index contributed by atoms with van der Waals surface area (Å²) in [6, 6.07) is 6.89. The summed E-state index contributed by atoms with van der Waals surface area (Å²) in [7, 11) is 0. The van der Waals surface area contributed by atoms with Crippen molar-refractivity contribution in [3.8, 4) is 6.07 Å². The summed E-state index contributed by atoms with van der Waals surface area (Å²) < 4.78 is 0. The molecular weight excluding hydrogens is 506 g/mol. The first-order valence-corrected chi connectivity index (χ1v) is 15.7. The first kappa shape index (κ1) is 26.5. The number of nitrogens with zero attached hydrogens (tertiary/aromatic N) is 4. The second-order valence-corrected chi connectivity index (χ2v) is 13.1. The van der Waals surface area contributed by atoms with Gasteiger partial charge in [-0.25, -0.2) is 9.97 Å². The van der Waals surface area contributed by atoms with Gasteiger partial charge in [0.15, 0.2) is 0 Å². The van der Waals surface area contributed by atoms with Gasteiger partial charge in [-0.05, 0) is 92.9 Å². The number of carbonyl (C=O) groups excluding carboxylic acids is 1. The molecule has 0 aromatic carbocycles. The molecule has 2 heterocycles. The van der Waals surface area contributed by atoms with E-state index in [-0.39, 0.29) is 5.41 Å². The Kier molecular flexibility index (Phi) is 7.77. The van der Waals surface area contributed by atoms with Crippen molar-refractivity contribution in [2.75, 3.05) is 30.0 Å². The molecule has 5 saturated carbocycles. The summed E-state index contributed by atoms with van der Waals surface area (Å²) in [5, 5.41) is 21.6. The van der Waals surface area contributed by atoms with Gasteiger partial charge in [0.25, 0.3) is 0 Å². The first-order chi connectivity index (χ1) is 19.0. The van der Waals surface area contributed by atoms with E-state index in [1.165, 1.54) is 32.1 Å². The van der Waals surface area contributed by atoms with E-state index >= 15 is 0 Å². The molecule has 4 bridgehead atoms. The number of hydrogen-bond donors (Lipinski definition) is 3. The summed E-state index contributed by atoms with van der Waals surface area (Å²) in [6.45, 7) is 2.51. The number of anilines is 2. The number of hydrogen-bond acceptors (Lipinski definition) is 9. The van der Waals surface area contributed by atoms with Crippen LogP contribution in [0.2, 0.25) is 0 Å². The summed E-state index contributed by atoms with van der Waals surface area (Å²) >= 11 is 1.62. The Morgan fingerprint density at radius 3 is 2.67 bits per heavy atom. The van der Waals surface area contributed by atoms with Gasteiger partial charge in [-0.1, -0.05) is 6.07 Å². The van der Waals surface area contributed by atoms with E-state index in [1.54, 1.807) is 24.2 Å². The van der Waals surface area contributed by atoms with Crippen molar-refractivity contribution in [2.45, 2.75) is 75.4 Å². The third kappa shape index (κ3) is 5.78. The van der Waals surface area contributed by atoms with Crippen molar-refractivity contribution in [3.63, 3.8) is 0 Å². The Bertz CT molecular complexity index is 1220. The Morgan fingerprint density at radius 1 is 1.13 bits per heavy atom. The molecule has 8 nitrogen and oxygen atoms in total. The standard InChI is InChI=1S/C30H39N7OS/c1-39-28-21(3-2-8-32-28)16-34-29-35-17-24(14-31)27(37-29)36-18-30-11-20-9-22(12-30)26(23(10-20)13-30)33-15-19-4-6-25(38)7-5-19/h2-3,8,17,19-20,22-23,26,33H,4-7,9-13,15-16,18H2,1H3,(H2,34,35,36,37)/t20?,22-,23+,26+,30?. The average molecular weight is 546 g/mol. The van der Waals surface area contributed by atoms with Crippen molar-refractivity contribution in [1.29, 1.82) is 5.26 Å². The largest absolute Gasteiger partial charge is 0.368 e. The lowest BCUT2D eigenvalue weighted by molar-refractivity contribution is -0.121. The van der Waals surface area contributed by atoms with E-state index < -0.39 is 0 Å². The van der Waals surface area contributed by atoms with E-state index in [0.29, 0.717) is 41.6 Å². The van der Waals surface area contributed by atoms with Crippen LogP contribution in [0.4, 0.5) is 11.8 Å². The van der Waals surface area contributed by atoms with Crippen LogP contribution in [0.3, 0.4) is 0 Å². The van der Waals surface area contributed by atoms with Crippen molar-refractivity contribution in [3.05, 3.63) is 35.7 Å². The number of ketones is 1. The Labute approximate surface area is 235 Å². The number of thioether (sulfide) groups is 1. The highest BCUT2D eigenvalue weighted by Gasteiger charge is 2.55. The topological polar surface area (TPSA) is 116 Å². The number of rotatable bonds is 10. The fourth-order valence-corrected chi connectivity index (χ4v) is 8.69. The number of pyridine rings is 1. The zero-order valence-electron chi connectivity index (χ0n) is 22.8.